The van der Waals surface area contributed by atoms with Gasteiger partial charge in [0.15, 0.2) is 0 Å². The number of hydrogen-bond donors (Lipinski definition) is 1. The summed E-state index contributed by atoms with van der Waals surface area (Å²) in [7, 11) is 1.97. The summed E-state index contributed by atoms with van der Waals surface area (Å²) in [5.41, 5.74) is 2.16. The summed E-state index contributed by atoms with van der Waals surface area (Å²) in [4.78, 5) is 2.04. The first kappa shape index (κ1) is 12.3. The van der Waals surface area contributed by atoms with E-state index in [-0.39, 0.29) is 6.61 Å². The molecule has 1 N–H and O–H groups in total. The number of rotatable bonds is 5. The van der Waals surface area contributed by atoms with Crippen molar-refractivity contribution >= 4 is 11.8 Å². The molecule has 0 bridgehead atoms. The topological polar surface area (TPSA) is 47.3 Å². The molecule has 0 saturated heterocycles. The summed E-state index contributed by atoms with van der Waals surface area (Å²) in [6, 6.07) is 10.1. The minimum atomic E-state index is 0.0593. The molecule has 1 rings (SSSR count). The van der Waals surface area contributed by atoms with Gasteiger partial charge in [0.1, 0.15) is 0 Å². The van der Waals surface area contributed by atoms with Gasteiger partial charge in [-0.1, -0.05) is 24.3 Å². The van der Waals surface area contributed by atoms with E-state index in [1.807, 2.05) is 42.3 Å². The van der Waals surface area contributed by atoms with Crippen molar-refractivity contribution in [1.29, 1.82) is 5.26 Å². The van der Waals surface area contributed by atoms with Crippen molar-refractivity contribution in [3.8, 4) is 6.07 Å². The van der Waals surface area contributed by atoms with Crippen LogP contribution in [0.2, 0.25) is 0 Å². The van der Waals surface area contributed by atoms with E-state index in [4.69, 9.17) is 10.4 Å². The Morgan fingerprint density at radius 2 is 2.06 bits per heavy atom. The summed E-state index contributed by atoms with van der Waals surface area (Å²) in [6.07, 6.45) is 4.11. The van der Waals surface area contributed by atoms with E-state index in [0.29, 0.717) is 6.42 Å². The monoisotopic (exact) mass is 216 g/mol. The third-order valence-corrected chi connectivity index (χ3v) is 2.31. The zero-order valence-electron chi connectivity index (χ0n) is 9.43. The molecular weight excluding hydrogens is 200 g/mol. The van der Waals surface area contributed by atoms with Gasteiger partial charge in [-0.05, 0) is 17.7 Å². The van der Waals surface area contributed by atoms with Gasteiger partial charge in [-0.2, -0.15) is 5.26 Å². The van der Waals surface area contributed by atoms with Gasteiger partial charge in [0, 0.05) is 19.3 Å². The first-order chi connectivity index (χ1) is 7.77. The van der Waals surface area contributed by atoms with E-state index in [2.05, 4.69) is 6.07 Å². The maximum Gasteiger partial charge on any atom is 0.0640 e. The largest absolute Gasteiger partial charge is 0.392 e. The van der Waals surface area contributed by atoms with Gasteiger partial charge in [-0.15, -0.1) is 0 Å². The zero-order chi connectivity index (χ0) is 11.8. The summed E-state index contributed by atoms with van der Waals surface area (Å²) < 4.78 is 0. The maximum atomic E-state index is 8.64. The second-order valence-corrected chi connectivity index (χ2v) is 3.51. The molecule has 1 aromatic carbocycles. The predicted molar refractivity (Wildman–Crippen MR) is 66.1 cm³/mol. The van der Waals surface area contributed by atoms with E-state index in [0.717, 1.165) is 17.8 Å². The van der Waals surface area contributed by atoms with Gasteiger partial charge in [0.25, 0.3) is 0 Å². The van der Waals surface area contributed by atoms with Crippen LogP contribution in [0, 0.1) is 11.3 Å². The maximum absolute atomic E-state index is 8.64. The van der Waals surface area contributed by atoms with E-state index in [1.54, 1.807) is 6.08 Å². The molecule has 16 heavy (non-hydrogen) atoms. The van der Waals surface area contributed by atoms with E-state index >= 15 is 0 Å². The SMILES string of the molecule is CN(CCC#N)c1ccc(C=CCO)cc1. The molecule has 0 heterocycles. The smallest absolute Gasteiger partial charge is 0.0640 e. The van der Waals surface area contributed by atoms with Crippen molar-refractivity contribution in [2.75, 3.05) is 25.1 Å². The first-order valence-electron chi connectivity index (χ1n) is 5.23. The summed E-state index contributed by atoms with van der Waals surface area (Å²) >= 11 is 0. The van der Waals surface area contributed by atoms with Crippen molar-refractivity contribution in [3.05, 3.63) is 35.9 Å². The molecule has 3 nitrogen and oxygen atoms in total. The van der Waals surface area contributed by atoms with Gasteiger partial charge in [-0.3, -0.25) is 0 Å². The van der Waals surface area contributed by atoms with Crippen LogP contribution >= 0.6 is 0 Å². The number of hydrogen-bond acceptors (Lipinski definition) is 3. The fourth-order valence-corrected chi connectivity index (χ4v) is 1.38. The van der Waals surface area contributed by atoms with Crippen molar-refractivity contribution in [2.24, 2.45) is 0 Å². The average molecular weight is 216 g/mol. The third-order valence-electron chi connectivity index (χ3n) is 2.31. The Balaban J connectivity index is 2.64. The Hall–Kier alpha value is -1.79. The highest BCUT2D eigenvalue weighted by atomic mass is 16.2. The number of aliphatic hydroxyl groups excluding tert-OH is 1. The van der Waals surface area contributed by atoms with Gasteiger partial charge in [0.05, 0.1) is 19.1 Å². The highest BCUT2D eigenvalue weighted by Crippen LogP contribution is 2.14. The molecule has 0 aliphatic carbocycles. The Bertz CT molecular complexity index is 376. The normalized spacial score (nSPS) is 10.3. The van der Waals surface area contributed by atoms with Gasteiger partial charge in [0.2, 0.25) is 0 Å². The number of anilines is 1. The van der Waals surface area contributed by atoms with Crippen LogP contribution in [0.25, 0.3) is 6.08 Å². The Labute approximate surface area is 96.2 Å². The molecule has 0 fully saturated rings. The molecule has 0 atom stereocenters. The molecule has 0 aromatic heterocycles. The standard InChI is InChI=1S/C13H16N2O/c1-15(10-3-9-14)13-7-5-12(6-8-13)4-2-11-16/h2,4-8,16H,3,10-11H2,1H3. The summed E-state index contributed by atoms with van der Waals surface area (Å²) in [5.74, 6) is 0. The quantitative estimate of drug-likeness (QED) is 0.819. The van der Waals surface area contributed by atoms with Crippen LogP contribution in [0.15, 0.2) is 30.3 Å². The van der Waals surface area contributed by atoms with Crippen LogP contribution in [0.1, 0.15) is 12.0 Å². The highest BCUT2D eigenvalue weighted by molar-refractivity contribution is 5.55. The van der Waals surface area contributed by atoms with Crippen molar-refractivity contribution in [2.45, 2.75) is 6.42 Å². The number of benzene rings is 1. The molecule has 0 unspecified atom stereocenters. The van der Waals surface area contributed by atoms with Crippen molar-refractivity contribution < 1.29 is 5.11 Å². The third kappa shape index (κ3) is 3.76. The van der Waals surface area contributed by atoms with Crippen LogP contribution in [0.4, 0.5) is 5.69 Å². The summed E-state index contributed by atoms with van der Waals surface area (Å²) in [6.45, 7) is 0.798. The minimum Gasteiger partial charge on any atom is -0.392 e. The Kier molecular flexibility index (Phi) is 5.10. The lowest BCUT2D eigenvalue weighted by Gasteiger charge is -2.17. The minimum absolute atomic E-state index is 0.0593. The van der Waals surface area contributed by atoms with Gasteiger partial charge in [-0.25, -0.2) is 0 Å². The fourth-order valence-electron chi connectivity index (χ4n) is 1.38. The molecule has 1 aromatic rings. The molecule has 0 aliphatic heterocycles. The lowest BCUT2D eigenvalue weighted by molar-refractivity contribution is 0.343. The molecule has 0 aliphatic rings. The van der Waals surface area contributed by atoms with E-state index in [1.165, 1.54) is 0 Å². The first-order valence-corrected chi connectivity index (χ1v) is 5.23. The van der Waals surface area contributed by atoms with Crippen molar-refractivity contribution in [1.82, 2.24) is 0 Å². The second kappa shape index (κ2) is 6.65. The van der Waals surface area contributed by atoms with Crippen LogP contribution in [0.3, 0.4) is 0 Å². The molecule has 0 spiro atoms. The molecule has 0 saturated carbocycles. The molecule has 0 radical (unpaired) electrons. The average Bonchev–Trinajstić information content (AvgIpc) is 2.34. The van der Waals surface area contributed by atoms with Crippen LogP contribution < -0.4 is 4.90 Å². The van der Waals surface area contributed by atoms with Gasteiger partial charge >= 0.3 is 0 Å². The Morgan fingerprint density at radius 1 is 1.38 bits per heavy atom. The molecule has 84 valence electrons. The predicted octanol–water partition coefficient (Wildman–Crippen LogP) is 2.04. The van der Waals surface area contributed by atoms with Crippen LogP contribution in [-0.4, -0.2) is 25.3 Å². The number of aliphatic hydroxyl groups is 1. The number of nitrogens with zero attached hydrogens (tertiary/aromatic N) is 2. The highest BCUT2D eigenvalue weighted by Gasteiger charge is 1.99. The molecular formula is C13H16N2O. The van der Waals surface area contributed by atoms with Crippen LogP contribution in [-0.2, 0) is 0 Å². The zero-order valence-corrected chi connectivity index (χ0v) is 9.43. The van der Waals surface area contributed by atoms with E-state index < -0.39 is 0 Å². The summed E-state index contributed by atoms with van der Waals surface area (Å²) in [5, 5.41) is 17.1. The van der Waals surface area contributed by atoms with Crippen molar-refractivity contribution in [3.63, 3.8) is 0 Å². The molecule has 0 amide bonds. The number of nitriles is 1. The lowest BCUT2D eigenvalue weighted by atomic mass is 10.2. The molecule has 3 heteroatoms. The Morgan fingerprint density at radius 3 is 2.62 bits per heavy atom. The second-order valence-electron chi connectivity index (χ2n) is 3.51. The van der Waals surface area contributed by atoms with Gasteiger partial charge < -0.3 is 10.0 Å². The fraction of sp³-hybridized carbons (Fsp3) is 0.308. The van der Waals surface area contributed by atoms with Crippen LogP contribution in [0.5, 0.6) is 0 Å². The van der Waals surface area contributed by atoms with E-state index in [9.17, 15) is 0 Å². The lowest BCUT2D eigenvalue weighted by Crippen LogP contribution is -2.17.